The van der Waals surface area contributed by atoms with Gasteiger partial charge in [0, 0.05) is 13.1 Å². The number of rotatable bonds is 15. The highest BCUT2D eigenvalue weighted by Gasteiger charge is 2.77. The minimum absolute atomic E-state index is 0.0256. The maximum Gasteiger partial charge on any atom is 0.460 e. The summed E-state index contributed by atoms with van der Waals surface area (Å²) in [5, 5.41) is 2.59. The van der Waals surface area contributed by atoms with Gasteiger partial charge < -0.3 is 10.6 Å². The predicted molar refractivity (Wildman–Crippen MR) is 94.9 cm³/mol. The highest BCUT2D eigenvalue weighted by atomic mass is 19.4. The van der Waals surface area contributed by atoms with Gasteiger partial charge in [0.1, 0.15) is 0 Å². The fraction of sp³-hybridized carbons (Fsp3) is 0.889. The van der Waals surface area contributed by atoms with Gasteiger partial charge in [-0.15, -0.1) is 0 Å². The first kappa shape index (κ1) is 34.0. The number of hydrogen-bond acceptors (Lipinski definition) is 2. The molecule has 0 atom stereocenters. The molecule has 0 aromatic carbocycles. The molecule has 0 fully saturated rings. The highest BCUT2D eigenvalue weighted by molar-refractivity contribution is 5.85. The molecule has 0 aromatic rings. The Hall–Kier alpha value is -2.04. The van der Waals surface area contributed by atoms with Gasteiger partial charge in [-0.1, -0.05) is 38.5 Å². The van der Waals surface area contributed by atoms with Crippen LogP contribution in [-0.4, -0.2) is 60.9 Å². The van der Waals surface area contributed by atoms with Crippen molar-refractivity contribution in [1.82, 2.24) is 10.6 Å². The Morgan fingerprint density at radius 2 is 0.639 bits per heavy atom. The van der Waals surface area contributed by atoms with Crippen molar-refractivity contribution in [3.8, 4) is 0 Å². The van der Waals surface area contributed by atoms with Gasteiger partial charge in [-0.05, 0) is 12.8 Å². The van der Waals surface area contributed by atoms with Crippen LogP contribution in [-0.2, 0) is 9.59 Å². The summed E-state index contributed by atoms with van der Waals surface area (Å²) in [5.74, 6) is -30.7. The van der Waals surface area contributed by atoms with Crippen molar-refractivity contribution in [2.24, 2.45) is 0 Å². The number of halogens is 14. The molecule has 0 unspecified atom stereocenters. The van der Waals surface area contributed by atoms with Gasteiger partial charge in [-0.2, -0.15) is 61.5 Å². The van der Waals surface area contributed by atoms with Crippen LogP contribution in [0.1, 0.15) is 51.4 Å². The van der Waals surface area contributed by atoms with Crippen LogP contribution in [0.5, 0.6) is 0 Å². The first-order valence-electron chi connectivity index (χ1n) is 10.3. The zero-order chi connectivity index (χ0) is 28.6. The lowest BCUT2D eigenvalue weighted by atomic mass is 10.1. The molecular weight excluding hydrogens is 542 g/mol. The Kier molecular flexibility index (Phi) is 11.8. The Bertz CT molecular complexity index is 660. The first-order chi connectivity index (χ1) is 16.0. The SMILES string of the molecule is O=C(NCCCCCCCCCCNC(=O)C(F)(F)C(F)(F)C(F)(F)F)C(F)(F)C(F)(F)C(F)(F)F. The maximum absolute atomic E-state index is 13.1. The molecule has 0 aliphatic rings. The zero-order valence-electron chi connectivity index (χ0n) is 18.2. The van der Waals surface area contributed by atoms with Gasteiger partial charge in [0.2, 0.25) is 0 Å². The third kappa shape index (κ3) is 8.24. The van der Waals surface area contributed by atoms with Crippen molar-refractivity contribution in [2.45, 2.75) is 87.4 Å². The Morgan fingerprint density at radius 3 is 0.861 bits per heavy atom. The summed E-state index contributed by atoms with van der Waals surface area (Å²) in [5.41, 5.74) is 0. The lowest BCUT2D eigenvalue weighted by Crippen LogP contribution is -2.59. The second-order valence-corrected chi connectivity index (χ2v) is 7.63. The van der Waals surface area contributed by atoms with E-state index in [0.717, 1.165) is 0 Å². The molecule has 214 valence electrons. The number of unbranched alkanes of at least 4 members (excludes halogenated alkanes) is 7. The first-order valence-corrected chi connectivity index (χ1v) is 10.3. The summed E-state index contributed by atoms with van der Waals surface area (Å²) in [4.78, 5) is 22.0. The summed E-state index contributed by atoms with van der Waals surface area (Å²) in [6.07, 6.45) is -11.0. The normalized spacial score (nSPS) is 14.1. The van der Waals surface area contributed by atoms with Gasteiger partial charge in [-0.25, -0.2) is 0 Å². The molecule has 0 saturated carbocycles. The van der Waals surface area contributed by atoms with Gasteiger partial charge >= 0.3 is 36.0 Å². The van der Waals surface area contributed by atoms with Gasteiger partial charge in [0.25, 0.3) is 11.8 Å². The largest absolute Gasteiger partial charge is 0.460 e. The van der Waals surface area contributed by atoms with Crippen LogP contribution in [0.4, 0.5) is 61.5 Å². The number of carbonyl (C=O) groups excluding carboxylic acids is 2. The van der Waals surface area contributed by atoms with E-state index in [-0.39, 0.29) is 25.7 Å². The molecule has 0 spiro atoms. The van der Waals surface area contributed by atoms with Gasteiger partial charge in [-0.3, -0.25) is 9.59 Å². The average molecular weight is 564 g/mol. The Labute approximate surface area is 195 Å². The average Bonchev–Trinajstić information content (AvgIpc) is 2.71. The van der Waals surface area contributed by atoms with Crippen LogP contribution < -0.4 is 10.6 Å². The molecular formula is C18H22F14N2O2. The third-order valence-corrected chi connectivity index (χ3v) is 4.75. The molecule has 0 saturated heterocycles. The Morgan fingerprint density at radius 1 is 0.417 bits per heavy atom. The van der Waals surface area contributed by atoms with E-state index in [1.807, 2.05) is 0 Å². The van der Waals surface area contributed by atoms with Crippen molar-refractivity contribution in [1.29, 1.82) is 0 Å². The summed E-state index contributed by atoms with van der Waals surface area (Å²) in [7, 11) is 0. The van der Waals surface area contributed by atoms with Gasteiger partial charge in [0.05, 0.1) is 0 Å². The number of alkyl halides is 14. The van der Waals surface area contributed by atoms with E-state index < -0.39 is 60.9 Å². The number of carbonyl (C=O) groups is 2. The smallest absolute Gasteiger partial charge is 0.351 e. The molecule has 0 aromatic heterocycles. The monoisotopic (exact) mass is 564 g/mol. The van der Waals surface area contributed by atoms with Crippen molar-refractivity contribution >= 4 is 11.8 Å². The van der Waals surface area contributed by atoms with E-state index in [9.17, 15) is 71.1 Å². The molecule has 2 N–H and O–H groups in total. The fourth-order valence-electron chi connectivity index (χ4n) is 2.58. The van der Waals surface area contributed by atoms with Crippen LogP contribution in [0.25, 0.3) is 0 Å². The summed E-state index contributed by atoms with van der Waals surface area (Å²) in [6.45, 7) is -1.19. The molecule has 0 aliphatic heterocycles. The standard InChI is InChI=1S/C18H22F14N2O2/c19-13(20,15(23,24)17(27,28)29)11(35)33-9-7-5-3-1-2-4-6-8-10-34-12(36)14(21,22)16(25,26)18(30,31)32/h1-10H2,(H,33,35)(H,34,36). The second-order valence-electron chi connectivity index (χ2n) is 7.63. The molecule has 0 rings (SSSR count). The molecule has 36 heavy (non-hydrogen) atoms. The fourth-order valence-corrected chi connectivity index (χ4v) is 2.58. The second kappa shape index (κ2) is 12.5. The number of hydrogen-bond donors (Lipinski definition) is 2. The van der Waals surface area contributed by atoms with Crippen LogP contribution in [0.2, 0.25) is 0 Å². The quantitative estimate of drug-likeness (QED) is 0.189. The molecule has 0 aliphatic carbocycles. The van der Waals surface area contributed by atoms with Crippen molar-refractivity contribution in [3.05, 3.63) is 0 Å². The van der Waals surface area contributed by atoms with E-state index in [2.05, 4.69) is 0 Å². The lowest BCUT2D eigenvalue weighted by molar-refractivity contribution is -0.344. The molecule has 0 radical (unpaired) electrons. The van der Waals surface area contributed by atoms with Crippen LogP contribution in [0.3, 0.4) is 0 Å². The lowest BCUT2D eigenvalue weighted by Gasteiger charge is -2.27. The maximum atomic E-state index is 13.1. The zero-order valence-corrected chi connectivity index (χ0v) is 18.2. The molecule has 0 bridgehead atoms. The minimum atomic E-state index is -6.63. The topological polar surface area (TPSA) is 58.2 Å². The minimum Gasteiger partial charge on any atom is -0.351 e. The number of amides is 2. The van der Waals surface area contributed by atoms with E-state index in [4.69, 9.17) is 0 Å². The van der Waals surface area contributed by atoms with Crippen molar-refractivity contribution in [2.75, 3.05) is 13.1 Å². The Balaban J connectivity index is 4.03. The van der Waals surface area contributed by atoms with Crippen molar-refractivity contribution < 1.29 is 71.1 Å². The van der Waals surface area contributed by atoms with E-state index >= 15 is 0 Å². The van der Waals surface area contributed by atoms with Gasteiger partial charge in [0.15, 0.2) is 0 Å². The molecule has 18 heteroatoms. The van der Waals surface area contributed by atoms with Crippen LogP contribution in [0.15, 0.2) is 0 Å². The predicted octanol–water partition coefficient (Wildman–Crippen LogP) is 6.01. The molecule has 0 heterocycles. The summed E-state index contributed by atoms with van der Waals surface area (Å²) in [6, 6.07) is 0. The highest BCUT2D eigenvalue weighted by Crippen LogP contribution is 2.47. The van der Waals surface area contributed by atoms with E-state index in [1.165, 1.54) is 10.6 Å². The third-order valence-electron chi connectivity index (χ3n) is 4.75. The van der Waals surface area contributed by atoms with E-state index in [1.54, 1.807) is 0 Å². The van der Waals surface area contributed by atoms with Crippen molar-refractivity contribution in [3.63, 3.8) is 0 Å². The van der Waals surface area contributed by atoms with E-state index in [0.29, 0.717) is 25.7 Å². The molecule has 4 nitrogen and oxygen atoms in total. The summed E-state index contributed by atoms with van der Waals surface area (Å²) >= 11 is 0. The number of nitrogens with one attached hydrogen (secondary N) is 2. The summed E-state index contributed by atoms with van der Waals surface area (Å²) < 4.78 is 175. The van der Waals surface area contributed by atoms with Crippen LogP contribution in [0, 0.1) is 0 Å². The van der Waals surface area contributed by atoms with Crippen LogP contribution >= 0.6 is 0 Å². The molecule has 2 amide bonds.